The third-order valence-corrected chi connectivity index (χ3v) is 4.97. The summed E-state index contributed by atoms with van der Waals surface area (Å²) >= 11 is 1.49. The number of methoxy groups -OCH3 is 1. The van der Waals surface area contributed by atoms with Crippen molar-refractivity contribution in [3.8, 4) is 5.75 Å². The van der Waals surface area contributed by atoms with Crippen LogP contribution >= 0.6 is 11.8 Å². The number of benzene rings is 1. The lowest BCUT2D eigenvalue weighted by Crippen LogP contribution is -2.39. The summed E-state index contributed by atoms with van der Waals surface area (Å²) in [6.45, 7) is 1.76. The predicted molar refractivity (Wildman–Crippen MR) is 106 cm³/mol. The predicted octanol–water partition coefficient (Wildman–Crippen LogP) is 1.90. The first-order chi connectivity index (χ1) is 13.6. The van der Waals surface area contributed by atoms with Gasteiger partial charge in [-0.15, -0.1) is 0 Å². The van der Waals surface area contributed by atoms with Gasteiger partial charge in [-0.25, -0.2) is 15.4 Å². The Labute approximate surface area is 167 Å². The van der Waals surface area contributed by atoms with E-state index in [9.17, 15) is 9.59 Å². The fraction of sp³-hybridized carbons (Fsp3) is 0.316. The van der Waals surface area contributed by atoms with Gasteiger partial charge in [0.15, 0.2) is 5.16 Å². The Hall–Kier alpha value is -2.94. The highest BCUT2D eigenvalue weighted by Gasteiger charge is 2.26. The van der Waals surface area contributed by atoms with Gasteiger partial charge in [-0.3, -0.25) is 9.59 Å². The van der Waals surface area contributed by atoms with E-state index < -0.39 is 11.8 Å². The SMILES string of the molecule is COc1ccc(/C(C)=N\NC(=O)C(=O)NC2CC2)cc1CSc1ncccn1. The number of carbonyl (C=O) groups excluding carboxylic acids is 2. The van der Waals surface area contributed by atoms with Crippen LogP contribution in [-0.4, -0.2) is 40.6 Å². The zero-order chi connectivity index (χ0) is 19.9. The second kappa shape index (κ2) is 9.32. The van der Waals surface area contributed by atoms with Crippen LogP contribution in [0, 0.1) is 0 Å². The van der Waals surface area contributed by atoms with Gasteiger partial charge in [0.1, 0.15) is 5.75 Å². The van der Waals surface area contributed by atoms with E-state index in [4.69, 9.17) is 4.74 Å². The molecule has 1 saturated carbocycles. The first-order valence-corrected chi connectivity index (χ1v) is 9.77. The average molecular weight is 399 g/mol. The van der Waals surface area contributed by atoms with Gasteiger partial charge in [-0.1, -0.05) is 11.8 Å². The van der Waals surface area contributed by atoms with E-state index in [0.29, 0.717) is 16.6 Å². The van der Waals surface area contributed by atoms with Crippen molar-refractivity contribution in [3.63, 3.8) is 0 Å². The molecule has 1 aromatic heterocycles. The summed E-state index contributed by atoms with van der Waals surface area (Å²) in [6.07, 6.45) is 5.23. The molecule has 1 aliphatic rings. The number of hydrogen-bond acceptors (Lipinski definition) is 7. The Balaban J connectivity index is 1.66. The molecule has 1 fully saturated rings. The molecule has 0 bridgehead atoms. The molecular formula is C19H21N5O3S. The fourth-order valence-electron chi connectivity index (χ4n) is 2.35. The molecule has 8 nitrogen and oxygen atoms in total. The summed E-state index contributed by atoms with van der Waals surface area (Å²) in [5.74, 6) is -0.0666. The Morgan fingerprint density at radius 3 is 2.68 bits per heavy atom. The van der Waals surface area contributed by atoms with Gasteiger partial charge in [-0.05, 0) is 49.6 Å². The standard InChI is InChI=1S/C19H21N5O3S/c1-12(23-24-18(26)17(25)22-15-5-6-15)13-4-7-16(27-2)14(10-13)11-28-19-20-8-3-9-21-19/h3-4,7-10,15H,5-6,11H2,1-2H3,(H,22,25)(H,24,26)/b23-12-. The van der Waals surface area contributed by atoms with Gasteiger partial charge in [0.05, 0.1) is 12.8 Å². The first-order valence-electron chi connectivity index (χ1n) is 8.79. The third-order valence-electron chi connectivity index (χ3n) is 4.04. The van der Waals surface area contributed by atoms with E-state index in [0.717, 1.165) is 29.7 Å². The largest absolute Gasteiger partial charge is 0.496 e. The number of hydrogen-bond donors (Lipinski definition) is 2. The minimum absolute atomic E-state index is 0.124. The van der Waals surface area contributed by atoms with E-state index in [2.05, 4.69) is 25.8 Å². The lowest BCUT2D eigenvalue weighted by atomic mass is 10.1. The molecule has 2 N–H and O–H groups in total. The van der Waals surface area contributed by atoms with Gasteiger partial charge in [0, 0.05) is 29.8 Å². The second-order valence-corrected chi connectivity index (χ2v) is 7.18. The molecule has 0 unspecified atom stereocenters. The van der Waals surface area contributed by atoms with Crippen molar-refractivity contribution in [2.24, 2.45) is 5.10 Å². The van der Waals surface area contributed by atoms with Gasteiger partial charge < -0.3 is 10.1 Å². The van der Waals surface area contributed by atoms with E-state index >= 15 is 0 Å². The Kier molecular flexibility index (Phi) is 6.59. The average Bonchev–Trinajstić information content (AvgIpc) is 3.54. The van der Waals surface area contributed by atoms with Crippen molar-refractivity contribution >= 4 is 29.3 Å². The summed E-state index contributed by atoms with van der Waals surface area (Å²) in [5, 5.41) is 7.34. The number of hydrazone groups is 1. The zero-order valence-electron chi connectivity index (χ0n) is 15.6. The number of nitrogens with one attached hydrogen (secondary N) is 2. The summed E-state index contributed by atoms with van der Waals surface area (Å²) in [4.78, 5) is 31.9. The zero-order valence-corrected chi connectivity index (χ0v) is 16.5. The molecule has 1 aromatic carbocycles. The molecule has 9 heteroatoms. The van der Waals surface area contributed by atoms with Crippen molar-refractivity contribution in [2.75, 3.05) is 7.11 Å². The minimum Gasteiger partial charge on any atom is -0.496 e. The van der Waals surface area contributed by atoms with Gasteiger partial charge in [-0.2, -0.15) is 5.10 Å². The number of aromatic nitrogens is 2. The number of rotatable bonds is 7. The van der Waals surface area contributed by atoms with Crippen LogP contribution < -0.4 is 15.5 Å². The molecule has 146 valence electrons. The van der Waals surface area contributed by atoms with E-state index in [-0.39, 0.29) is 6.04 Å². The molecule has 3 rings (SSSR count). The van der Waals surface area contributed by atoms with Crippen LogP contribution in [0.1, 0.15) is 30.9 Å². The molecule has 0 atom stereocenters. The highest BCUT2D eigenvalue weighted by atomic mass is 32.2. The van der Waals surface area contributed by atoms with E-state index in [1.807, 2.05) is 18.2 Å². The highest BCUT2D eigenvalue weighted by Crippen LogP contribution is 2.27. The van der Waals surface area contributed by atoms with Crippen molar-refractivity contribution < 1.29 is 14.3 Å². The summed E-state index contributed by atoms with van der Waals surface area (Å²) < 4.78 is 5.42. The maximum absolute atomic E-state index is 11.8. The lowest BCUT2D eigenvalue weighted by Gasteiger charge is -2.10. The quantitative estimate of drug-likeness (QED) is 0.242. The molecule has 2 aromatic rings. The number of nitrogens with zero attached hydrogens (tertiary/aromatic N) is 3. The van der Waals surface area contributed by atoms with Crippen LogP contribution in [0.15, 0.2) is 46.9 Å². The van der Waals surface area contributed by atoms with Crippen LogP contribution in [0.25, 0.3) is 0 Å². The van der Waals surface area contributed by atoms with Crippen molar-refractivity contribution in [1.29, 1.82) is 0 Å². The lowest BCUT2D eigenvalue weighted by molar-refractivity contribution is -0.139. The molecule has 1 heterocycles. The molecule has 2 amide bonds. The second-order valence-electron chi connectivity index (χ2n) is 6.23. The first kappa shape index (κ1) is 19.8. The summed E-state index contributed by atoms with van der Waals surface area (Å²) in [7, 11) is 1.61. The van der Waals surface area contributed by atoms with Crippen LogP contribution in [0.2, 0.25) is 0 Å². The van der Waals surface area contributed by atoms with Crippen molar-refractivity contribution in [2.45, 2.75) is 36.7 Å². The monoisotopic (exact) mass is 399 g/mol. The van der Waals surface area contributed by atoms with Crippen LogP contribution in [0.3, 0.4) is 0 Å². The number of thioether (sulfide) groups is 1. The Bertz CT molecular complexity index is 884. The molecule has 28 heavy (non-hydrogen) atoms. The smallest absolute Gasteiger partial charge is 0.329 e. The Morgan fingerprint density at radius 2 is 2.00 bits per heavy atom. The molecule has 0 saturated heterocycles. The molecule has 0 spiro atoms. The molecule has 1 aliphatic carbocycles. The maximum atomic E-state index is 11.8. The normalized spacial score (nSPS) is 13.7. The van der Waals surface area contributed by atoms with E-state index in [1.54, 1.807) is 32.5 Å². The van der Waals surface area contributed by atoms with E-state index in [1.165, 1.54) is 11.8 Å². The maximum Gasteiger partial charge on any atom is 0.329 e. The van der Waals surface area contributed by atoms with Crippen LogP contribution in [0.5, 0.6) is 5.75 Å². The number of amides is 2. The van der Waals surface area contributed by atoms with Crippen LogP contribution in [-0.2, 0) is 15.3 Å². The Morgan fingerprint density at radius 1 is 1.25 bits per heavy atom. The highest BCUT2D eigenvalue weighted by molar-refractivity contribution is 7.98. The number of carbonyl (C=O) groups is 2. The van der Waals surface area contributed by atoms with Crippen molar-refractivity contribution in [3.05, 3.63) is 47.8 Å². The fourth-order valence-corrected chi connectivity index (χ4v) is 3.13. The third kappa shape index (κ3) is 5.53. The summed E-state index contributed by atoms with van der Waals surface area (Å²) in [6, 6.07) is 7.52. The number of ether oxygens (including phenoxy) is 1. The van der Waals surface area contributed by atoms with Gasteiger partial charge >= 0.3 is 11.8 Å². The topological polar surface area (TPSA) is 106 Å². The van der Waals surface area contributed by atoms with Gasteiger partial charge in [0.25, 0.3) is 0 Å². The van der Waals surface area contributed by atoms with Gasteiger partial charge in [0.2, 0.25) is 0 Å². The minimum atomic E-state index is -0.767. The molecule has 0 radical (unpaired) electrons. The van der Waals surface area contributed by atoms with Crippen molar-refractivity contribution in [1.82, 2.24) is 20.7 Å². The molecular weight excluding hydrogens is 378 g/mol. The van der Waals surface area contributed by atoms with Crippen LogP contribution in [0.4, 0.5) is 0 Å². The molecule has 0 aliphatic heterocycles. The summed E-state index contributed by atoms with van der Waals surface area (Å²) in [5.41, 5.74) is 4.64.